The first-order chi connectivity index (χ1) is 13.2. The van der Waals surface area contributed by atoms with E-state index in [1.165, 1.54) is 17.2 Å². The molecule has 4 rings (SSSR count). The van der Waals surface area contributed by atoms with Gasteiger partial charge >= 0.3 is 0 Å². The van der Waals surface area contributed by atoms with E-state index in [0.717, 1.165) is 36.3 Å². The summed E-state index contributed by atoms with van der Waals surface area (Å²) in [4.78, 5) is 2.22. The predicted octanol–water partition coefficient (Wildman–Crippen LogP) is 1.46. The number of aliphatic hydroxyl groups is 1. The normalized spacial score (nSPS) is 23.2. The van der Waals surface area contributed by atoms with Crippen LogP contribution in [0.4, 0.5) is 0 Å². The first-order valence-electron chi connectivity index (χ1n) is 9.65. The number of ether oxygens (including phenoxy) is 1. The lowest BCUT2D eigenvalue weighted by atomic mass is 9.68. The molecule has 0 saturated carbocycles. The zero-order valence-electron chi connectivity index (χ0n) is 17.0. The molecule has 2 aliphatic heterocycles. The second-order valence-electron chi connectivity index (χ2n) is 8.26. The number of aryl methyl sites for hydroxylation is 1. The molecule has 0 bridgehead atoms. The summed E-state index contributed by atoms with van der Waals surface area (Å²) in [5.41, 5.74) is 3.37. The Bertz CT molecular complexity index is 1010. The van der Waals surface area contributed by atoms with Crippen LogP contribution in [0.25, 0.3) is 10.9 Å². The van der Waals surface area contributed by atoms with Gasteiger partial charge in [-0.3, -0.25) is 4.90 Å². The summed E-state index contributed by atoms with van der Waals surface area (Å²) in [6.45, 7) is 1.93. The van der Waals surface area contributed by atoms with Crippen molar-refractivity contribution in [2.75, 3.05) is 46.7 Å². The molecule has 154 valence electrons. The molecule has 28 heavy (non-hydrogen) atoms. The molecule has 1 spiro atoms. The molecule has 0 radical (unpaired) electrons. The molecule has 1 aromatic heterocycles. The largest absolute Gasteiger partial charge is 0.497 e. The number of methoxy groups -OCH3 is 1. The minimum Gasteiger partial charge on any atom is -0.497 e. The third kappa shape index (κ3) is 2.85. The fraction of sp³-hybridized carbons (Fsp3) is 0.600. The number of nitrogens with zero attached hydrogens (tertiary/aromatic N) is 3. The summed E-state index contributed by atoms with van der Waals surface area (Å²) in [7, 11) is 2.58. The van der Waals surface area contributed by atoms with Crippen LogP contribution >= 0.6 is 0 Å². The van der Waals surface area contributed by atoms with E-state index >= 15 is 0 Å². The van der Waals surface area contributed by atoms with E-state index in [2.05, 4.69) is 15.5 Å². The monoisotopic (exact) mass is 407 g/mol. The third-order valence-electron chi connectivity index (χ3n) is 6.70. The zero-order valence-corrected chi connectivity index (χ0v) is 17.8. The van der Waals surface area contributed by atoms with E-state index in [1.807, 2.05) is 26.2 Å². The van der Waals surface area contributed by atoms with E-state index in [1.54, 1.807) is 11.4 Å². The lowest BCUT2D eigenvalue weighted by Gasteiger charge is -2.49. The summed E-state index contributed by atoms with van der Waals surface area (Å²) in [5.74, 6) is 0.806. The lowest BCUT2D eigenvalue weighted by Crippen LogP contribution is -2.53. The summed E-state index contributed by atoms with van der Waals surface area (Å²) < 4.78 is 33.2. The van der Waals surface area contributed by atoms with Crippen molar-refractivity contribution in [3.05, 3.63) is 29.5 Å². The van der Waals surface area contributed by atoms with E-state index in [0.29, 0.717) is 13.1 Å². The number of piperidine rings is 1. The molecule has 8 heteroatoms. The maximum absolute atomic E-state index is 12.0. The number of hydrogen-bond acceptors (Lipinski definition) is 5. The molecule has 0 aliphatic carbocycles. The van der Waals surface area contributed by atoms with Gasteiger partial charge in [-0.15, -0.1) is 0 Å². The van der Waals surface area contributed by atoms with Crippen molar-refractivity contribution in [3.63, 3.8) is 0 Å². The summed E-state index contributed by atoms with van der Waals surface area (Å²) >= 11 is 0. The van der Waals surface area contributed by atoms with E-state index in [9.17, 15) is 13.5 Å². The molecule has 1 fully saturated rings. The molecule has 2 aromatic rings. The SMILES string of the molecule is COc1ccc2c3c(n(C)c2c1)[C@H](CO)N(C)CC31CCN(S(C)(=O)=O)CC1. The standard InChI is InChI=1S/C20H29N3O4S/c1-21-13-20(7-9-23(10-8-20)28(4,25)26)18-15-6-5-14(27-3)11-16(15)22(2)19(18)17(21)12-24/h5-6,11,17,24H,7-10,12-13H2,1-4H3/t17-/m0/s1. The van der Waals surface area contributed by atoms with Crippen molar-refractivity contribution >= 4 is 20.9 Å². The average Bonchev–Trinajstić information content (AvgIpc) is 2.95. The van der Waals surface area contributed by atoms with Crippen LogP contribution in [-0.4, -0.2) is 74.0 Å². The Labute approximate surface area is 166 Å². The maximum Gasteiger partial charge on any atom is 0.211 e. The number of hydrogen-bond donors (Lipinski definition) is 1. The minimum atomic E-state index is -3.18. The van der Waals surface area contributed by atoms with Crippen LogP contribution in [0, 0.1) is 0 Å². The highest BCUT2D eigenvalue weighted by molar-refractivity contribution is 7.88. The van der Waals surface area contributed by atoms with Gasteiger partial charge < -0.3 is 14.4 Å². The fourth-order valence-corrected chi connectivity index (χ4v) is 6.11. The quantitative estimate of drug-likeness (QED) is 0.834. The lowest BCUT2D eigenvalue weighted by molar-refractivity contribution is 0.0776. The van der Waals surface area contributed by atoms with Crippen LogP contribution in [0.1, 0.15) is 30.1 Å². The first-order valence-corrected chi connectivity index (χ1v) is 11.5. The summed E-state index contributed by atoms with van der Waals surface area (Å²) in [5, 5.41) is 11.3. The smallest absolute Gasteiger partial charge is 0.211 e. The predicted molar refractivity (Wildman–Crippen MR) is 109 cm³/mol. The van der Waals surface area contributed by atoms with Gasteiger partial charge in [0.1, 0.15) is 5.75 Å². The number of aliphatic hydroxyl groups excluding tert-OH is 1. The Hall–Kier alpha value is -1.61. The van der Waals surface area contributed by atoms with Crippen LogP contribution in [0.2, 0.25) is 0 Å². The van der Waals surface area contributed by atoms with Gasteiger partial charge in [-0.25, -0.2) is 12.7 Å². The van der Waals surface area contributed by atoms with Gasteiger partial charge in [0.05, 0.1) is 31.5 Å². The van der Waals surface area contributed by atoms with Crippen LogP contribution in [0.5, 0.6) is 5.75 Å². The number of benzene rings is 1. The minimum absolute atomic E-state index is 0.0519. The van der Waals surface area contributed by atoms with Crippen LogP contribution in [0.15, 0.2) is 18.2 Å². The molecule has 1 atom stereocenters. The fourth-order valence-electron chi connectivity index (χ4n) is 5.27. The second kappa shape index (κ2) is 6.73. The van der Waals surface area contributed by atoms with Crippen LogP contribution in [0.3, 0.4) is 0 Å². The van der Waals surface area contributed by atoms with Crippen molar-refractivity contribution in [1.82, 2.24) is 13.8 Å². The Morgan fingerprint density at radius 2 is 1.93 bits per heavy atom. The molecular weight excluding hydrogens is 378 g/mol. The van der Waals surface area contributed by atoms with Gasteiger partial charge in [0.15, 0.2) is 0 Å². The van der Waals surface area contributed by atoms with Crippen molar-refractivity contribution in [3.8, 4) is 5.75 Å². The van der Waals surface area contributed by atoms with Crippen LogP contribution in [-0.2, 0) is 22.5 Å². The number of rotatable bonds is 3. The second-order valence-corrected chi connectivity index (χ2v) is 10.2. The van der Waals surface area contributed by atoms with Gasteiger partial charge in [0.2, 0.25) is 10.0 Å². The molecule has 0 amide bonds. The maximum atomic E-state index is 12.0. The molecule has 1 N–H and O–H groups in total. The average molecular weight is 408 g/mol. The van der Waals surface area contributed by atoms with Gasteiger partial charge in [0.25, 0.3) is 0 Å². The number of fused-ring (bicyclic) bond motifs is 4. The molecule has 2 aliphatic rings. The van der Waals surface area contributed by atoms with Gasteiger partial charge in [0, 0.05) is 49.2 Å². The third-order valence-corrected chi connectivity index (χ3v) is 8.01. The van der Waals surface area contributed by atoms with Crippen molar-refractivity contribution in [1.29, 1.82) is 0 Å². The number of likely N-dealkylation sites (N-methyl/N-ethyl adjacent to an activating group) is 1. The van der Waals surface area contributed by atoms with Crippen LogP contribution < -0.4 is 4.74 Å². The van der Waals surface area contributed by atoms with Crippen molar-refractivity contribution in [2.45, 2.75) is 24.3 Å². The van der Waals surface area contributed by atoms with Crippen molar-refractivity contribution in [2.24, 2.45) is 7.05 Å². The van der Waals surface area contributed by atoms with E-state index < -0.39 is 10.0 Å². The Morgan fingerprint density at radius 1 is 1.25 bits per heavy atom. The molecule has 1 aromatic carbocycles. The van der Waals surface area contributed by atoms with E-state index in [4.69, 9.17) is 4.74 Å². The zero-order chi connectivity index (χ0) is 20.3. The van der Waals surface area contributed by atoms with Gasteiger partial charge in [-0.2, -0.15) is 0 Å². The summed E-state index contributed by atoms with van der Waals surface area (Å²) in [6.07, 6.45) is 2.84. The van der Waals surface area contributed by atoms with Gasteiger partial charge in [-0.05, 0) is 37.6 Å². The molecular formula is C20H29N3O4S. The Morgan fingerprint density at radius 3 is 2.50 bits per heavy atom. The van der Waals surface area contributed by atoms with Crippen molar-refractivity contribution < 1.29 is 18.3 Å². The highest BCUT2D eigenvalue weighted by atomic mass is 32.2. The first kappa shape index (κ1) is 19.7. The highest BCUT2D eigenvalue weighted by Crippen LogP contribution is 2.49. The molecule has 3 heterocycles. The topological polar surface area (TPSA) is 75.0 Å². The molecule has 0 unspecified atom stereocenters. The van der Waals surface area contributed by atoms with Gasteiger partial charge in [-0.1, -0.05) is 0 Å². The number of aromatic nitrogens is 1. The molecule has 1 saturated heterocycles. The van der Waals surface area contributed by atoms with E-state index in [-0.39, 0.29) is 18.1 Å². The highest BCUT2D eigenvalue weighted by Gasteiger charge is 2.47. The Kier molecular flexibility index (Phi) is 4.73. The summed E-state index contributed by atoms with van der Waals surface area (Å²) in [6, 6.07) is 6.06. The Balaban J connectivity index is 1.90. The number of sulfonamides is 1. The molecule has 7 nitrogen and oxygen atoms in total.